The van der Waals surface area contributed by atoms with Crippen molar-refractivity contribution in [3.8, 4) is 0 Å². The van der Waals surface area contributed by atoms with Gasteiger partial charge in [0.2, 0.25) is 5.91 Å². The van der Waals surface area contributed by atoms with Crippen LogP contribution < -0.4 is 0 Å². The van der Waals surface area contributed by atoms with E-state index in [9.17, 15) is 9.59 Å². The highest BCUT2D eigenvalue weighted by Crippen LogP contribution is 2.45. The molecule has 2 fully saturated rings. The molecule has 0 radical (unpaired) electrons. The molecule has 0 N–H and O–H groups in total. The van der Waals surface area contributed by atoms with Crippen LogP contribution in [-0.2, 0) is 9.53 Å². The lowest BCUT2D eigenvalue weighted by Gasteiger charge is -2.41. The van der Waals surface area contributed by atoms with Crippen molar-refractivity contribution in [2.75, 3.05) is 39.9 Å². The van der Waals surface area contributed by atoms with Gasteiger partial charge in [-0.3, -0.25) is 14.6 Å². The molecule has 1 aromatic heterocycles. The van der Waals surface area contributed by atoms with E-state index in [-0.39, 0.29) is 23.1 Å². The van der Waals surface area contributed by atoms with E-state index in [1.54, 1.807) is 19.4 Å². The fourth-order valence-electron chi connectivity index (χ4n) is 4.15. The summed E-state index contributed by atoms with van der Waals surface area (Å²) in [7, 11) is 1.65. The van der Waals surface area contributed by atoms with Gasteiger partial charge in [0, 0.05) is 44.9 Å². The number of piperidine rings is 1. The van der Waals surface area contributed by atoms with Crippen molar-refractivity contribution >= 4 is 11.8 Å². The van der Waals surface area contributed by atoms with Crippen LogP contribution in [0.2, 0.25) is 0 Å². The predicted octanol–water partition coefficient (Wildman–Crippen LogP) is 1.74. The molecule has 1 unspecified atom stereocenters. The van der Waals surface area contributed by atoms with Crippen molar-refractivity contribution in [2.45, 2.75) is 26.7 Å². The summed E-state index contributed by atoms with van der Waals surface area (Å²) in [6.07, 6.45) is 3.39. The normalized spacial score (nSPS) is 22.7. The minimum atomic E-state index is -0.0906. The Balaban J connectivity index is 1.70. The number of aryl methyl sites for hydroxylation is 1. The van der Waals surface area contributed by atoms with Crippen LogP contribution in [0.1, 0.15) is 35.8 Å². The van der Waals surface area contributed by atoms with E-state index in [4.69, 9.17) is 4.74 Å². The van der Waals surface area contributed by atoms with Gasteiger partial charge in [-0.05, 0) is 38.3 Å². The topological polar surface area (TPSA) is 62.7 Å². The summed E-state index contributed by atoms with van der Waals surface area (Å²) in [4.78, 5) is 33.3. The smallest absolute Gasteiger partial charge is 0.272 e. The molecule has 1 spiro atoms. The maximum Gasteiger partial charge on any atom is 0.272 e. The second-order valence-corrected chi connectivity index (χ2v) is 7.24. The number of amides is 2. The number of hydrogen-bond donors (Lipinski definition) is 0. The standard InChI is InChI=1S/C19H27N3O3/c1-4-21-13-19(15(12-25-3)17(21)23)7-9-22(10-8-19)18(24)16-6-5-14(2)11-20-16/h5-6,11,15H,4,7-10,12-13H2,1-3H3. The third-order valence-corrected chi connectivity index (χ3v) is 5.75. The van der Waals surface area contributed by atoms with E-state index in [1.165, 1.54) is 0 Å². The first-order chi connectivity index (χ1) is 12.0. The van der Waals surface area contributed by atoms with Gasteiger partial charge in [-0.25, -0.2) is 0 Å². The summed E-state index contributed by atoms with van der Waals surface area (Å²) in [5, 5.41) is 0. The summed E-state index contributed by atoms with van der Waals surface area (Å²) in [6, 6.07) is 3.70. The molecular formula is C19H27N3O3. The van der Waals surface area contributed by atoms with E-state index in [2.05, 4.69) is 4.98 Å². The quantitative estimate of drug-likeness (QED) is 0.834. The molecule has 3 rings (SSSR count). The number of rotatable bonds is 4. The Morgan fingerprint density at radius 3 is 2.64 bits per heavy atom. The second kappa shape index (κ2) is 7.12. The van der Waals surface area contributed by atoms with Crippen molar-refractivity contribution in [1.82, 2.24) is 14.8 Å². The van der Waals surface area contributed by atoms with Gasteiger partial charge in [0.15, 0.2) is 0 Å². The molecule has 0 aliphatic carbocycles. The van der Waals surface area contributed by atoms with Gasteiger partial charge >= 0.3 is 0 Å². The molecule has 2 aliphatic rings. The number of aromatic nitrogens is 1. The highest BCUT2D eigenvalue weighted by molar-refractivity contribution is 5.92. The molecule has 2 aliphatic heterocycles. The molecule has 2 amide bonds. The lowest BCUT2D eigenvalue weighted by molar-refractivity contribution is -0.133. The number of likely N-dealkylation sites (tertiary alicyclic amines) is 2. The van der Waals surface area contributed by atoms with E-state index in [0.717, 1.165) is 31.5 Å². The Morgan fingerprint density at radius 2 is 2.08 bits per heavy atom. The number of ether oxygens (including phenoxy) is 1. The largest absolute Gasteiger partial charge is 0.384 e. The average molecular weight is 345 g/mol. The van der Waals surface area contributed by atoms with Crippen LogP contribution in [0.3, 0.4) is 0 Å². The van der Waals surface area contributed by atoms with E-state index in [1.807, 2.05) is 29.7 Å². The number of pyridine rings is 1. The van der Waals surface area contributed by atoms with Crippen LogP contribution in [0, 0.1) is 18.3 Å². The first-order valence-corrected chi connectivity index (χ1v) is 9.00. The van der Waals surface area contributed by atoms with Crippen LogP contribution in [0.25, 0.3) is 0 Å². The van der Waals surface area contributed by atoms with E-state index >= 15 is 0 Å². The average Bonchev–Trinajstić information content (AvgIpc) is 2.88. The molecule has 2 saturated heterocycles. The maximum atomic E-state index is 12.7. The van der Waals surface area contributed by atoms with Crippen molar-refractivity contribution in [3.05, 3.63) is 29.6 Å². The highest BCUT2D eigenvalue weighted by atomic mass is 16.5. The Labute approximate surface area is 149 Å². The third-order valence-electron chi connectivity index (χ3n) is 5.75. The van der Waals surface area contributed by atoms with Gasteiger partial charge in [-0.2, -0.15) is 0 Å². The Morgan fingerprint density at radius 1 is 1.36 bits per heavy atom. The number of hydrogen-bond acceptors (Lipinski definition) is 4. The maximum absolute atomic E-state index is 12.7. The molecule has 25 heavy (non-hydrogen) atoms. The van der Waals surface area contributed by atoms with Crippen LogP contribution >= 0.6 is 0 Å². The molecule has 136 valence electrons. The van der Waals surface area contributed by atoms with Gasteiger partial charge in [0.05, 0.1) is 12.5 Å². The molecule has 6 nitrogen and oxygen atoms in total. The second-order valence-electron chi connectivity index (χ2n) is 7.24. The van der Waals surface area contributed by atoms with Crippen LogP contribution in [0.5, 0.6) is 0 Å². The lowest BCUT2D eigenvalue weighted by atomic mass is 9.71. The zero-order chi connectivity index (χ0) is 18.0. The van der Waals surface area contributed by atoms with E-state index < -0.39 is 0 Å². The minimum absolute atomic E-state index is 0.0187. The monoisotopic (exact) mass is 345 g/mol. The van der Waals surface area contributed by atoms with Gasteiger partial charge in [-0.15, -0.1) is 0 Å². The van der Waals surface area contributed by atoms with E-state index in [0.29, 0.717) is 25.4 Å². The van der Waals surface area contributed by atoms with Crippen molar-refractivity contribution in [2.24, 2.45) is 11.3 Å². The summed E-state index contributed by atoms with van der Waals surface area (Å²) in [6.45, 7) is 7.28. The number of methoxy groups -OCH3 is 1. The zero-order valence-electron chi connectivity index (χ0n) is 15.3. The molecule has 0 aromatic carbocycles. The molecule has 3 heterocycles. The first kappa shape index (κ1) is 17.9. The Hall–Kier alpha value is -1.95. The summed E-state index contributed by atoms with van der Waals surface area (Å²) >= 11 is 0. The number of carbonyl (C=O) groups excluding carboxylic acids is 2. The van der Waals surface area contributed by atoms with Crippen LogP contribution in [-0.4, -0.2) is 66.5 Å². The van der Waals surface area contributed by atoms with Crippen molar-refractivity contribution in [1.29, 1.82) is 0 Å². The van der Waals surface area contributed by atoms with Gasteiger partial charge in [0.25, 0.3) is 5.91 Å². The van der Waals surface area contributed by atoms with Crippen molar-refractivity contribution < 1.29 is 14.3 Å². The molecular weight excluding hydrogens is 318 g/mol. The van der Waals surface area contributed by atoms with Gasteiger partial charge < -0.3 is 14.5 Å². The van der Waals surface area contributed by atoms with Crippen molar-refractivity contribution in [3.63, 3.8) is 0 Å². The first-order valence-electron chi connectivity index (χ1n) is 9.00. The fourth-order valence-corrected chi connectivity index (χ4v) is 4.15. The third kappa shape index (κ3) is 3.27. The molecule has 0 bridgehead atoms. The predicted molar refractivity (Wildman–Crippen MR) is 94.2 cm³/mol. The summed E-state index contributed by atoms with van der Waals surface area (Å²) in [5.41, 5.74) is 1.47. The minimum Gasteiger partial charge on any atom is -0.384 e. The van der Waals surface area contributed by atoms with Crippen LogP contribution in [0.4, 0.5) is 0 Å². The lowest BCUT2D eigenvalue weighted by Crippen LogP contribution is -2.47. The SMILES string of the molecule is CCN1CC2(CCN(C(=O)c3ccc(C)cn3)CC2)C(COC)C1=O. The molecule has 6 heteroatoms. The number of nitrogens with zero attached hydrogens (tertiary/aromatic N) is 3. The van der Waals surface area contributed by atoms with Crippen LogP contribution in [0.15, 0.2) is 18.3 Å². The molecule has 0 saturated carbocycles. The fraction of sp³-hybridized carbons (Fsp3) is 0.632. The Kier molecular flexibility index (Phi) is 5.08. The molecule has 1 aromatic rings. The van der Waals surface area contributed by atoms with Gasteiger partial charge in [0.1, 0.15) is 5.69 Å². The summed E-state index contributed by atoms with van der Waals surface area (Å²) < 4.78 is 5.33. The number of carbonyl (C=O) groups is 2. The summed E-state index contributed by atoms with van der Waals surface area (Å²) in [5.74, 6) is 0.0892. The van der Waals surface area contributed by atoms with Gasteiger partial charge in [-0.1, -0.05) is 6.07 Å². The molecule has 1 atom stereocenters. The Bertz CT molecular complexity index is 636. The highest BCUT2D eigenvalue weighted by Gasteiger charge is 2.52. The zero-order valence-corrected chi connectivity index (χ0v) is 15.3.